The lowest BCUT2D eigenvalue weighted by Crippen LogP contribution is -2.26. The second-order valence-electron chi connectivity index (χ2n) is 2.88. The van der Waals surface area contributed by atoms with Gasteiger partial charge in [0.2, 0.25) is 0 Å². The van der Waals surface area contributed by atoms with Gasteiger partial charge in [-0.05, 0) is 13.5 Å². The monoisotopic (exact) mass is 173 g/mol. The first kappa shape index (κ1) is 8.99. The molecule has 0 aromatic rings. The van der Waals surface area contributed by atoms with Gasteiger partial charge in [0.25, 0.3) is 0 Å². The molecular weight excluding hydrogens is 162 g/mol. The highest BCUT2D eigenvalue weighted by molar-refractivity contribution is 6.28. The van der Waals surface area contributed by atoms with Crippen molar-refractivity contribution in [2.45, 2.75) is 12.5 Å². The summed E-state index contributed by atoms with van der Waals surface area (Å²) in [4.78, 5) is 22.6. The summed E-state index contributed by atoms with van der Waals surface area (Å²) in [6.45, 7) is 1.47. The summed E-state index contributed by atoms with van der Waals surface area (Å²) < 4.78 is 4.66. The van der Waals surface area contributed by atoms with E-state index in [9.17, 15) is 9.59 Å². The molecule has 0 spiro atoms. The third-order valence-corrected chi connectivity index (χ3v) is 1.80. The molecule has 0 aromatic carbocycles. The number of esters is 1. The number of ether oxygens (including phenoxy) is 1. The molecule has 68 valence electrons. The summed E-state index contributed by atoms with van der Waals surface area (Å²) in [7, 11) is 1.90. The minimum atomic E-state index is -1.52. The van der Waals surface area contributed by atoms with Crippen molar-refractivity contribution in [3.63, 3.8) is 0 Å². The van der Waals surface area contributed by atoms with Crippen molar-refractivity contribution in [1.29, 1.82) is 0 Å². The van der Waals surface area contributed by atoms with Crippen molar-refractivity contribution in [2.75, 3.05) is 20.1 Å². The molecule has 1 aliphatic heterocycles. The van der Waals surface area contributed by atoms with Crippen molar-refractivity contribution in [1.82, 2.24) is 4.90 Å². The minimum absolute atomic E-state index is 0.251. The summed E-state index contributed by atoms with van der Waals surface area (Å²) >= 11 is 0. The fourth-order valence-corrected chi connectivity index (χ4v) is 1.19. The van der Waals surface area contributed by atoms with Gasteiger partial charge in [0, 0.05) is 13.1 Å². The number of aliphatic carboxylic acids is 1. The Hall–Kier alpha value is -1.10. The van der Waals surface area contributed by atoms with Gasteiger partial charge in [-0.3, -0.25) is 0 Å². The van der Waals surface area contributed by atoms with Gasteiger partial charge in [0.15, 0.2) is 0 Å². The predicted molar refractivity (Wildman–Crippen MR) is 39.6 cm³/mol. The summed E-state index contributed by atoms with van der Waals surface area (Å²) in [6.07, 6.45) is 0.466. The van der Waals surface area contributed by atoms with Crippen LogP contribution < -0.4 is 0 Å². The molecule has 0 bridgehead atoms. The maximum absolute atomic E-state index is 10.6. The highest BCUT2D eigenvalue weighted by atomic mass is 16.6. The van der Waals surface area contributed by atoms with E-state index in [-0.39, 0.29) is 6.10 Å². The molecule has 5 nitrogen and oxygen atoms in total. The van der Waals surface area contributed by atoms with Crippen LogP contribution in [0.3, 0.4) is 0 Å². The number of carbonyl (C=O) groups is 2. The molecule has 1 fully saturated rings. The van der Waals surface area contributed by atoms with E-state index in [0.717, 1.165) is 13.0 Å². The Morgan fingerprint density at radius 3 is 2.67 bits per heavy atom. The van der Waals surface area contributed by atoms with Crippen molar-refractivity contribution in [3.8, 4) is 0 Å². The number of carbonyl (C=O) groups excluding carboxylic acids is 1. The van der Waals surface area contributed by atoms with Gasteiger partial charge >= 0.3 is 11.9 Å². The van der Waals surface area contributed by atoms with Crippen LogP contribution in [0.4, 0.5) is 0 Å². The van der Waals surface area contributed by atoms with Gasteiger partial charge in [-0.1, -0.05) is 0 Å². The van der Waals surface area contributed by atoms with Crippen LogP contribution in [0.5, 0.6) is 0 Å². The molecule has 5 heteroatoms. The normalized spacial score (nSPS) is 23.9. The van der Waals surface area contributed by atoms with Gasteiger partial charge in [-0.15, -0.1) is 0 Å². The van der Waals surface area contributed by atoms with Crippen LogP contribution in [0, 0.1) is 0 Å². The lowest BCUT2D eigenvalue weighted by molar-refractivity contribution is -0.166. The number of hydrogen-bond acceptors (Lipinski definition) is 4. The molecule has 0 aliphatic carbocycles. The molecule has 0 radical (unpaired) electrons. The number of nitrogens with zero attached hydrogens (tertiary/aromatic N) is 1. The predicted octanol–water partition coefficient (Wildman–Crippen LogP) is -0.682. The molecule has 1 N–H and O–H groups in total. The third kappa shape index (κ3) is 2.20. The first-order valence-corrected chi connectivity index (χ1v) is 3.72. The maximum Gasteiger partial charge on any atom is 0.417 e. The Balaban J connectivity index is 2.32. The zero-order valence-corrected chi connectivity index (χ0v) is 6.82. The Morgan fingerprint density at radius 1 is 1.58 bits per heavy atom. The summed E-state index contributed by atoms with van der Waals surface area (Å²) in [5.41, 5.74) is 0. The second kappa shape index (κ2) is 3.53. The summed E-state index contributed by atoms with van der Waals surface area (Å²) in [5.74, 6) is -2.68. The topological polar surface area (TPSA) is 66.8 Å². The van der Waals surface area contributed by atoms with Gasteiger partial charge in [0.1, 0.15) is 6.10 Å². The van der Waals surface area contributed by atoms with Crippen molar-refractivity contribution in [3.05, 3.63) is 0 Å². The third-order valence-electron chi connectivity index (χ3n) is 1.80. The van der Waals surface area contributed by atoms with E-state index in [1.54, 1.807) is 0 Å². The maximum atomic E-state index is 10.6. The molecule has 1 heterocycles. The Morgan fingerprint density at radius 2 is 2.25 bits per heavy atom. The first-order chi connectivity index (χ1) is 5.59. The summed E-state index contributed by atoms with van der Waals surface area (Å²) in [5, 5.41) is 8.22. The van der Waals surface area contributed by atoms with Crippen LogP contribution in [-0.2, 0) is 14.3 Å². The van der Waals surface area contributed by atoms with Crippen molar-refractivity contribution < 1.29 is 19.4 Å². The van der Waals surface area contributed by atoms with E-state index in [4.69, 9.17) is 5.11 Å². The quantitative estimate of drug-likeness (QED) is 0.420. The van der Waals surface area contributed by atoms with Crippen molar-refractivity contribution in [2.24, 2.45) is 0 Å². The van der Waals surface area contributed by atoms with Gasteiger partial charge in [-0.2, -0.15) is 0 Å². The Labute approximate surface area is 69.9 Å². The van der Waals surface area contributed by atoms with Gasteiger partial charge in [0.05, 0.1) is 0 Å². The van der Waals surface area contributed by atoms with E-state index < -0.39 is 11.9 Å². The van der Waals surface area contributed by atoms with E-state index in [2.05, 4.69) is 4.74 Å². The van der Waals surface area contributed by atoms with Crippen LogP contribution in [0.2, 0.25) is 0 Å². The zero-order valence-electron chi connectivity index (χ0n) is 6.82. The van der Waals surface area contributed by atoms with Crippen LogP contribution in [0.1, 0.15) is 6.42 Å². The van der Waals surface area contributed by atoms with Crippen molar-refractivity contribution >= 4 is 11.9 Å². The number of carboxylic acids is 1. The average molecular weight is 173 g/mol. The number of likely N-dealkylation sites (N-methyl/N-ethyl adjacent to an activating group) is 1. The molecule has 0 saturated carbocycles. The molecule has 0 unspecified atom stereocenters. The number of rotatable bonds is 1. The molecule has 0 amide bonds. The molecule has 12 heavy (non-hydrogen) atoms. The lowest BCUT2D eigenvalue weighted by atomic mass is 10.3. The molecule has 1 saturated heterocycles. The van der Waals surface area contributed by atoms with E-state index in [1.807, 2.05) is 11.9 Å². The Bertz CT molecular complexity index is 204. The highest BCUT2D eigenvalue weighted by Crippen LogP contribution is 2.10. The van der Waals surface area contributed by atoms with E-state index >= 15 is 0 Å². The fraction of sp³-hybridized carbons (Fsp3) is 0.714. The fourth-order valence-electron chi connectivity index (χ4n) is 1.19. The van der Waals surface area contributed by atoms with Crippen LogP contribution in [-0.4, -0.2) is 48.2 Å². The zero-order chi connectivity index (χ0) is 9.14. The van der Waals surface area contributed by atoms with E-state index in [0.29, 0.717) is 6.54 Å². The molecule has 0 aromatic heterocycles. The lowest BCUT2D eigenvalue weighted by Gasteiger charge is -2.09. The van der Waals surface area contributed by atoms with E-state index in [1.165, 1.54) is 0 Å². The van der Waals surface area contributed by atoms with Crippen LogP contribution in [0.15, 0.2) is 0 Å². The van der Waals surface area contributed by atoms with Crippen LogP contribution >= 0.6 is 0 Å². The SMILES string of the molecule is CN1CC[C@@H](OC(=O)C(=O)O)C1. The molecular formula is C7H11NO4. The molecule has 1 aliphatic rings. The highest BCUT2D eigenvalue weighted by Gasteiger charge is 2.25. The number of likely N-dealkylation sites (tertiary alicyclic amines) is 1. The molecule has 1 rings (SSSR count). The minimum Gasteiger partial charge on any atom is -0.473 e. The average Bonchev–Trinajstić information content (AvgIpc) is 2.35. The van der Waals surface area contributed by atoms with Crippen LogP contribution in [0.25, 0.3) is 0 Å². The number of hydrogen-bond donors (Lipinski definition) is 1. The second-order valence-corrected chi connectivity index (χ2v) is 2.88. The number of carboxylic acid groups (broad SMARTS) is 1. The first-order valence-electron chi connectivity index (χ1n) is 3.72. The molecule has 1 atom stereocenters. The smallest absolute Gasteiger partial charge is 0.417 e. The Kier molecular flexibility index (Phi) is 2.65. The standard InChI is InChI=1S/C7H11NO4/c1-8-3-2-5(4-8)12-7(11)6(9)10/h5H,2-4H2,1H3,(H,9,10)/t5-/m1/s1. The summed E-state index contributed by atoms with van der Waals surface area (Å²) in [6, 6.07) is 0. The largest absolute Gasteiger partial charge is 0.473 e. The van der Waals surface area contributed by atoms with Gasteiger partial charge in [-0.25, -0.2) is 9.59 Å². The van der Waals surface area contributed by atoms with Gasteiger partial charge < -0.3 is 14.7 Å².